The van der Waals surface area contributed by atoms with Crippen LogP contribution in [-0.4, -0.2) is 25.1 Å². The van der Waals surface area contributed by atoms with Gasteiger partial charge in [0.2, 0.25) is 0 Å². The Balaban J connectivity index is 3.07. The first-order valence-electron chi connectivity index (χ1n) is 5.38. The molecule has 0 aromatic heterocycles. The van der Waals surface area contributed by atoms with E-state index in [4.69, 9.17) is 28.0 Å². The van der Waals surface area contributed by atoms with E-state index in [0.29, 0.717) is 16.5 Å². The minimum absolute atomic E-state index is 0.157. The zero-order valence-electron chi connectivity index (χ0n) is 10.3. The molecule has 0 spiro atoms. The highest BCUT2D eigenvalue weighted by atomic mass is 35.5. The van der Waals surface area contributed by atoms with Crippen molar-refractivity contribution in [2.24, 2.45) is 0 Å². The van der Waals surface area contributed by atoms with Crippen molar-refractivity contribution in [3.8, 4) is 0 Å². The van der Waals surface area contributed by atoms with E-state index in [2.05, 4.69) is 6.58 Å². The predicted molar refractivity (Wildman–Crippen MR) is 73.8 cm³/mol. The van der Waals surface area contributed by atoms with Gasteiger partial charge in [0.05, 0.1) is 23.1 Å². The molecule has 1 aromatic rings. The van der Waals surface area contributed by atoms with Crippen molar-refractivity contribution in [2.75, 3.05) is 14.2 Å². The van der Waals surface area contributed by atoms with Crippen LogP contribution in [0.5, 0.6) is 0 Å². The number of likely N-dealkylation sites (N-methyl/N-ethyl adjacent to an activating group) is 1. The van der Waals surface area contributed by atoms with E-state index in [-0.39, 0.29) is 11.8 Å². The third-order valence-corrected chi connectivity index (χ3v) is 3.37. The predicted octanol–water partition coefficient (Wildman–Crippen LogP) is 3.67. The van der Waals surface area contributed by atoms with Crippen molar-refractivity contribution in [3.63, 3.8) is 0 Å². The average Bonchev–Trinajstić information content (AvgIpc) is 2.37. The standard InChI is InChI=1S/C13H15Cl2NO2/c1-4-5-10(13(17)16(2)18-3)9-6-7-11(14)12(15)8-9/h4,6-8,10H,1,5H2,2-3H3. The molecular formula is C13H15Cl2NO2. The number of rotatable bonds is 5. The highest BCUT2D eigenvalue weighted by molar-refractivity contribution is 6.42. The van der Waals surface area contributed by atoms with Crippen LogP contribution in [0.3, 0.4) is 0 Å². The van der Waals surface area contributed by atoms with E-state index in [1.807, 2.05) is 0 Å². The lowest BCUT2D eigenvalue weighted by Gasteiger charge is -2.21. The molecule has 1 aromatic carbocycles. The van der Waals surface area contributed by atoms with Crippen LogP contribution in [0.25, 0.3) is 0 Å². The van der Waals surface area contributed by atoms with Crippen LogP contribution in [0.4, 0.5) is 0 Å². The highest BCUT2D eigenvalue weighted by Gasteiger charge is 2.23. The largest absolute Gasteiger partial charge is 0.275 e. The number of allylic oxidation sites excluding steroid dienone is 1. The summed E-state index contributed by atoms with van der Waals surface area (Å²) in [5, 5.41) is 2.08. The Labute approximate surface area is 117 Å². The molecule has 0 bridgehead atoms. The summed E-state index contributed by atoms with van der Waals surface area (Å²) in [6, 6.07) is 5.15. The van der Waals surface area contributed by atoms with Crippen molar-refractivity contribution >= 4 is 29.1 Å². The summed E-state index contributed by atoms with van der Waals surface area (Å²) in [4.78, 5) is 17.0. The Morgan fingerprint density at radius 1 is 1.50 bits per heavy atom. The van der Waals surface area contributed by atoms with Crippen LogP contribution in [-0.2, 0) is 9.63 Å². The van der Waals surface area contributed by atoms with Gasteiger partial charge in [0.15, 0.2) is 0 Å². The van der Waals surface area contributed by atoms with E-state index in [9.17, 15) is 4.79 Å². The number of benzene rings is 1. The fourth-order valence-electron chi connectivity index (χ4n) is 1.58. The van der Waals surface area contributed by atoms with Gasteiger partial charge in [-0.1, -0.05) is 35.3 Å². The second kappa shape index (κ2) is 6.78. The molecule has 0 saturated carbocycles. The van der Waals surface area contributed by atoms with Gasteiger partial charge in [-0.15, -0.1) is 6.58 Å². The number of hydrogen-bond donors (Lipinski definition) is 0. The zero-order valence-corrected chi connectivity index (χ0v) is 11.8. The third-order valence-electron chi connectivity index (χ3n) is 2.63. The van der Waals surface area contributed by atoms with E-state index in [1.165, 1.54) is 12.2 Å². The number of carbonyl (C=O) groups is 1. The monoisotopic (exact) mass is 287 g/mol. The first-order chi connectivity index (χ1) is 8.51. The minimum Gasteiger partial charge on any atom is -0.275 e. The molecular weight excluding hydrogens is 273 g/mol. The van der Waals surface area contributed by atoms with Crippen LogP contribution in [0.1, 0.15) is 17.9 Å². The summed E-state index contributed by atoms with van der Waals surface area (Å²) in [6.07, 6.45) is 2.19. The minimum atomic E-state index is -0.373. The van der Waals surface area contributed by atoms with E-state index < -0.39 is 0 Å². The molecule has 3 nitrogen and oxygen atoms in total. The molecule has 1 amide bonds. The van der Waals surface area contributed by atoms with Gasteiger partial charge in [-0.2, -0.15) is 0 Å². The van der Waals surface area contributed by atoms with E-state index in [0.717, 1.165) is 5.56 Å². The Morgan fingerprint density at radius 3 is 2.67 bits per heavy atom. The van der Waals surface area contributed by atoms with Crippen LogP contribution in [0.15, 0.2) is 30.9 Å². The third kappa shape index (κ3) is 3.48. The van der Waals surface area contributed by atoms with E-state index in [1.54, 1.807) is 31.3 Å². The summed E-state index contributed by atoms with van der Waals surface area (Å²) in [5.41, 5.74) is 0.790. The Bertz CT molecular complexity index is 449. The zero-order chi connectivity index (χ0) is 13.7. The normalized spacial score (nSPS) is 12.0. The van der Waals surface area contributed by atoms with Gasteiger partial charge >= 0.3 is 0 Å². The second-order valence-electron chi connectivity index (χ2n) is 3.77. The number of hydrogen-bond acceptors (Lipinski definition) is 2. The molecule has 18 heavy (non-hydrogen) atoms. The maximum Gasteiger partial charge on any atom is 0.253 e. The maximum absolute atomic E-state index is 12.1. The van der Waals surface area contributed by atoms with Crippen molar-refractivity contribution < 1.29 is 9.63 Å². The van der Waals surface area contributed by atoms with Gasteiger partial charge in [0.25, 0.3) is 5.91 Å². The van der Waals surface area contributed by atoms with Gasteiger partial charge in [0.1, 0.15) is 0 Å². The molecule has 1 atom stereocenters. The number of carbonyl (C=O) groups excluding carboxylic acids is 1. The highest BCUT2D eigenvalue weighted by Crippen LogP contribution is 2.29. The summed E-state index contributed by atoms with van der Waals surface area (Å²) in [5.74, 6) is -0.530. The van der Waals surface area contributed by atoms with Crippen LogP contribution in [0, 0.1) is 0 Å². The molecule has 0 fully saturated rings. The molecule has 1 rings (SSSR count). The SMILES string of the molecule is C=CCC(C(=O)N(C)OC)c1ccc(Cl)c(Cl)c1. The number of nitrogens with zero attached hydrogens (tertiary/aromatic N) is 1. The number of amides is 1. The number of hydroxylamine groups is 2. The fourth-order valence-corrected chi connectivity index (χ4v) is 1.89. The first-order valence-corrected chi connectivity index (χ1v) is 6.14. The Hall–Kier alpha value is -1.03. The lowest BCUT2D eigenvalue weighted by molar-refractivity contribution is -0.170. The van der Waals surface area contributed by atoms with Crippen molar-refractivity contribution in [1.82, 2.24) is 5.06 Å². The molecule has 0 radical (unpaired) electrons. The molecule has 0 N–H and O–H groups in total. The first kappa shape index (κ1) is 15.0. The topological polar surface area (TPSA) is 29.5 Å². The summed E-state index contributed by atoms with van der Waals surface area (Å²) in [7, 11) is 3.01. The van der Waals surface area contributed by atoms with Crippen LogP contribution in [0.2, 0.25) is 10.0 Å². The summed E-state index contributed by atoms with van der Waals surface area (Å²) >= 11 is 11.8. The Kier molecular flexibility index (Phi) is 5.66. The van der Waals surface area contributed by atoms with Crippen molar-refractivity contribution in [3.05, 3.63) is 46.5 Å². The number of halogens is 2. The van der Waals surface area contributed by atoms with Gasteiger partial charge in [-0.25, -0.2) is 5.06 Å². The maximum atomic E-state index is 12.1. The molecule has 0 aliphatic heterocycles. The van der Waals surface area contributed by atoms with Crippen molar-refractivity contribution in [2.45, 2.75) is 12.3 Å². The summed E-state index contributed by atoms with van der Waals surface area (Å²) < 4.78 is 0. The van der Waals surface area contributed by atoms with E-state index >= 15 is 0 Å². The smallest absolute Gasteiger partial charge is 0.253 e. The molecule has 0 aliphatic carbocycles. The van der Waals surface area contributed by atoms with Gasteiger partial charge in [-0.05, 0) is 24.1 Å². The van der Waals surface area contributed by atoms with Gasteiger partial charge in [-0.3, -0.25) is 9.63 Å². The molecule has 98 valence electrons. The second-order valence-corrected chi connectivity index (χ2v) is 4.58. The molecule has 0 saturated heterocycles. The lowest BCUT2D eigenvalue weighted by Crippen LogP contribution is -2.30. The molecule has 1 unspecified atom stereocenters. The summed E-state index contributed by atoms with van der Waals surface area (Å²) in [6.45, 7) is 3.66. The van der Waals surface area contributed by atoms with Crippen molar-refractivity contribution in [1.29, 1.82) is 0 Å². The molecule has 5 heteroatoms. The van der Waals surface area contributed by atoms with Gasteiger partial charge < -0.3 is 0 Å². The fraction of sp³-hybridized carbons (Fsp3) is 0.308. The molecule has 0 aliphatic rings. The van der Waals surface area contributed by atoms with Crippen LogP contribution >= 0.6 is 23.2 Å². The quantitative estimate of drug-likeness (QED) is 0.611. The van der Waals surface area contributed by atoms with Crippen LogP contribution < -0.4 is 0 Å². The van der Waals surface area contributed by atoms with Gasteiger partial charge in [0, 0.05) is 7.05 Å². The molecule has 0 heterocycles. The average molecular weight is 288 g/mol. The Morgan fingerprint density at radius 2 is 2.17 bits per heavy atom. The lowest BCUT2D eigenvalue weighted by atomic mass is 9.95.